The largest absolute Gasteiger partial charge is 0.481 e. The maximum atomic E-state index is 12.0. The molecule has 0 unspecified atom stereocenters. The van der Waals surface area contributed by atoms with E-state index in [1.165, 1.54) is 18.3 Å². The van der Waals surface area contributed by atoms with Crippen molar-refractivity contribution in [2.24, 2.45) is 5.92 Å². The van der Waals surface area contributed by atoms with Gasteiger partial charge in [-0.15, -0.1) is 11.3 Å². The number of carbonyl (C=O) groups excluding carboxylic acids is 2. The molecule has 1 amide bonds. The molecule has 2 rings (SSSR count). The van der Waals surface area contributed by atoms with Crippen molar-refractivity contribution in [3.63, 3.8) is 0 Å². The standard InChI is InChI=1S/C13H15NO4S/c1-7(15)8-5-11(19-6-8)12(16)14-10-4-2-3-9(10)13(17)18/h5-6,9-10H,2-4H2,1H3,(H,14,16)(H,17,18)/t9-,10+/m0/s1. The monoisotopic (exact) mass is 281 g/mol. The number of carboxylic acid groups (broad SMARTS) is 1. The van der Waals surface area contributed by atoms with Crippen molar-refractivity contribution >= 4 is 29.0 Å². The number of carboxylic acids is 1. The van der Waals surface area contributed by atoms with E-state index >= 15 is 0 Å². The summed E-state index contributed by atoms with van der Waals surface area (Å²) in [7, 11) is 0. The fourth-order valence-corrected chi connectivity index (χ4v) is 3.16. The van der Waals surface area contributed by atoms with Crippen LogP contribution < -0.4 is 5.32 Å². The van der Waals surface area contributed by atoms with E-state index in [0.29, 0.717) is 23.3 Å². The molecule has 19 heavy (non-hydrogen) atoms. The van der Waals surface area contributed by atoms with Crippen LogP contribution in [0.2, 0.25) is 0 Å². The Labute approximate surface area is 114 Å². The van der Waals surface area contributed by atoms with Gasteiger partial charge in [-0.25, -0.2) is 0 Å². The molecular formula is C13H15NO4S. The van der Waals surface area contributed by atoms with Gasteiger partial charge < -0.3 is 10.4 Å². The molecule has 0 bridgehead atoms. The van der Waals surface area contributed by atoms with Gasteiger partial charge in [0.15, 0.2) is 5.78 Å². The highest BCUT2D eigenvalue weighted by Gasteiger charge is 2.34. The summed E-state index contributed by atoms with van der Waals surface area (Å²) in [5, 5.41) is 13.4. The van der Waals surface area contributed by atoms with Crippen molar-refractivity contribution in [1.82, 2.24) is 5.32 Å². The predicted molar refractivity (Wildman–Crippen MR) is 70.6 cm³/mol. The Bertz CT molecular complexity index is 522. The number of aliphatic carboxylic acids is 1. The first-order valence-corrected chi connectivity index (χ1v) is 7.00. The third kappa shape index (κ3) is 3.01. The van der Waals surface area contributed by atoms with E-state index in [9.17, 15) is 14.4 Å². The average Bonchev–Trinajstić information content (AvgIpc) is 2.96. The molecule has 0 radical (unpaired) electrons. The summed E-state index contributed by atoms with van der Waals surface area (Å²) in [5.41, 5.74) is 0.511. The third-order valence-corrected chi connectivity index (χ3v) is 4.31. The van der Waals surface area contributed by atoms with Crippen LogP contribution in [-0.2, 0) is 4.79 Å². The lowest BCUT2D eigenvalue weighted by atomic mass is 10.0. The minimum absolute atomic E-state index is 0.0837. The Morgan fingerprint density at radius 3 is 2.68 bits per heavy atom. The molecule has 1 aromatic heterocycles. The van der Waals surface area contributed by atoms with E-state index in [1.54, 1.807) is 11.4 Å². The SMILES string of the molecule is CC(=O)c1csc(C(=O)N[C@@H]2CCC[C@@H]2C(=O)O)c1. The Morgan fingerprint density at radius 2 is 2.11 bits per heavy atom. The number of carbonyl (C=O) groups is 3. The highest BCUT2D eigenvalue weighted by Crippen LogP contribution is 2.26. The summed E-state index contributed by atoms with van der Waals surface area (Å²) in [4.78, 5) is 34.6. The Hall–Kier alpha value is -1.69. The van der Waals surface area contributed by atoms with E-state index in [-0.39, 0.29) is 17.7 Å². The average molecular weight is 281 g/mol. The fourth-order valence-electron chi connectivity index (χ4n) is 2.31. The van der Waals surface area contributed by atoms with Crippen molar-refractivity contribution in [3.8, 4) is 0 Å². The van der Waals surface area contributed by atoms with E-state index in [1.807, 2.05) is 0 Å². The molecule has 5 nitrogen and oxygen atoms in total. The Kier molecular flexibility index (Phi) is 3.99. The topological polar surface area (TPSA) is 83.5 Å². The molecule has 1 heterocycles. The maximum Gasteiger partial charge on any atom is 0.308 e. The van der Waals surface area contributed by atoms with Gasteiger partial charge in [-0.3, -0.25) is 14.4 Å². The van der Waals surface area contributed by atoms with Crippen molar-refractivity contribution in [3.05, 3.63) is 21.9 Å². The van der Waals surface area contributed by atoms with Crippen LogP contribution >= 0.6 is 11.3 Å². The zero-order valence-electron chi connectivity index (χ0n) is 10.5. The summed E-state index contributed by atoms with van der Waals surface area (Å²) in [6, 6.07) is 1.24. The molecule has 1 fully saturated rings. The second-order valence-electron chi connectivity index (χ2n) is 4.71. The minimum Gasteiger partial charge on any atom is -0.481 e. The smallest absolute Gasteiger partial charge is 0.308 e. The molecule has 1 aliphatic carbocycles. The second-order valence-corrected chi connectivity index (χ2v) is 5.62. The molecular weight excluding hydrogens is 266 g/mol. The highest BCUT2D eigenvalue weighted by atomic mass is 32.1. The summed E-state index contributed by atoms with van der Waals surface area (Å²) >= 11 is 1.20. The lowest BCUT2D eigenvalue weighted by Gasteiger charge is -2.16. The van der Waals surface area contributed by atoms with Gasteiger partial charge in [-0.1, -0.05) is 6.42 Å². The van der Waals surface area contributed by atoms with Gasteiger partial charge in [0.1, 0.15) is 0 Å². The van der Waals surface area contributed by atoms with Crippen LogP contribution in [0.15, 0.2) is 11.4 Å². The first kappa shape index (κ1) is 13.7. The lowest BCUT2D eigenvalue weighted by molar-refractivity contribution is -0.142. The zero-order chi connectivity index (χ0) is 14.0. The Morgan fingerprint density at radius 1 is 1.37 bits per heavy atom. The van der Waals surface area contributed by atoms with Crippen molar-refractivity contribution < 1.29 is 19.5 Å². The molecule has 102 valence electrons. The van der Waals surface area contributed by atoms with Gasteiger partial charge in [0, 0.05) is 17.0 Å². The number of nitrogens with one attached hydrogen (secondary N) is 1. The second kappa shape index (κ2) is 5.52. The van der Waals surface area contributed by atoms with Crippen LogP contribution in [0.4, 0.5) is 0 Å². The molecule has 0 aromatic carbocycles. The number of thiophene rings is 1. The van der Waals surface area contributed by atoms with Gasteiger partial charge in [-0.2, -0.15) is 0 Å². The molecule has 2 N–H and O–H groups in total. The van der Waals surface area contributed by atoms with Crippen molar-refractivity contribution in [1.29, 1.82) is 0 Å². The number of Topliss-reactive ketones (excluding diaryl/α,β-unsaturated/α-hetero) is 1. The van der Waals surface area contributed by atoms with Crippen LogP contribution in [0.3, 0.4) is 0 Å². The highest BCUT2D eigenvalue weighted by molar-refractivity contribution is 7.12. The van der Waals surface area contributed by atoms with E-state index in [0.717, 1.165) is 6.42 Å². The van der Waals surface area contributed by atoms with E-state index < -0.39 is 11.9 Å². The number of hydrogen-bond acceptors (Lipinski definition) is 4. The number of ketones is 1. The first-order valence-electron chi connectivity index (χ1n) is 6.12. The van der Waals surface area contributed by atoms with Crippen LogP contribution in [-0.4, -0.2) is 28.8 Å². The molecule has 0 spiro atoms. The van der Waals surface area contributed by atoms with Crippen LogP contribution in [0.25, 0.3) is 0 Å². The van der Waals surface area contributed by atoms with Crippen LogP contribution in [0, 0.1) is 5.92 Å². The normalized spacial score (nSPS) is 22.2. The molecule has 1 aromatic rings. The van der Waals surface area contributed by atoms with E-state index in [4.69, 9.17) is 5.11 Å². The number of hydrogen-bond donors (Lipinski definition) is 2. The van der Waals surface area contributed by atoms with E-state index in [2.05, 4.69) is 5.32 Å². The number of rotatable bonds is 4. The summed E-state index contributed by atoms with van der Waals surface area (Å²) in [6.45, 7) is 1.45. The lowest BCUT2D eigenvalue weighted by Crippen LogP contribution is -2.39. The molecule has 0 saturated heterocycles. The summed E-state index contributed by atoms with van der Waals surface area (Å²) < 4.78 is 0. The van der Waals surface area contributed by atoms with Gasteiger partial charge >= 0.3 is 5.97 Å². The summed E-state index contributed by atoms with van der Waals surface area (Å²) in [6.07, 6.45) is 2.10. The van der Waals surface area contributed by atoms with Crippen molar-refractivity contribution in [2.75, 3.05) is 0 Å². The molecule has 1 saturated carbocycles. The molecule has 2 atom stereocenters. The third-order valence-electron chi connectivity index (χ3n) is 3.38. The zero-order valence-corrected chi connectivity index (χ0v) is 11.3. The molecule has 1 aliphatic rings. The first-order chi connectivity index (χ1) is 8.99. The van der Waals surface area contributed by atoms with Crippen molar-refractivity contribution in [2.45, 2.75) is 32.2 Å². The fraction of sp³-hybridized carbons (Fsp3) is 0.462. The molecule has 6 heteroatoms. The number of amides is 1. The summed E-state index contributed by atoms with van der Waals surface area (Å²) in [5.74, 6) is -1.75. The minimum atomic E-state index is -0.863. The predicted octanol–water partition coefficient (Wildman–Crippen LogP) is 1.93. The van der Waals surface area contributed by atoms with Crippen LogP contribution in [0.1, 0.15) is 46.2 Å². The van der Waals surface area contributed by atoms with Gasteiger partial charge in [-0.05, 0) is 25.8 Å². The maximum absolute atomic E-state index is 12.0. The van der Waals surface area contributed by atoms with Gasteiger partial charge in [0.25, 0.3) is 5.91 Å². The van der Waals surface area contributed by atoms with Crippen LogP contribution in [0.5, 0.6) is 0 Å². The van der Waals surface area contributed by atoms with Gasteiger partial charge in [0.2, 0.25) is 0 Å². The Balaban J connectivity index is 2.04. The quantitative estimate of drug-likeness (QED) is 0.826. The molecule has 0 aliphatic heterocycles. The van der Waals surface area contributed by atoms with Gasteiger partial charge in [0.05, 0.1) is 10.8 Å².